The van der Waals surface area contributed by atoms with Gasteiger partial charge in [-0.25, -0.2) is 0 Å². The lowest BCUT2D eigenvalue weighted by Crippen LogP contribution is -2.44. The third-order valence-electron chi connectivity index (χ3n) is 3.10. The molecule has 1 aliphatic heterocycles. The number of amides is 2. The van der Waals surface area contributed by atoms with Crippen LogP contribution in [0.4, 0.5) is 0 Å². The molecule has 1 N–H and O–H groups in total. The summed E-state index contributed by atoms with van der Waals surface area (Å²) in [5.41, 5.74) is 0.820. The Morgan fingerprint density at radius 1 is 1.47 bits per heavy atom. The summed E-state index contributed by atoms with van der Waals surface area (Å²) in [5.74, 6) is -0.0930. The molecule has 0 bridgehead atoms. The number of aromatic nitrogens is 1. The molecule has 102 valence electrons. The fraction of sp³-hybridized carbons (Fsp3) is 0.462. The molecule has 0 aromatic carbocycles. The Morgan fingerprint density at radius 3 is 2.89 bits per heavy atom. The van der Waals surface area contributed by atoms with Crippen LogP contribution in [0.2, 0.25) is 0 Å². The molecule has 1 fully saturated rings. The maximum absolute atomic E-state index is 12.3. The third kappa shape index (κ3) is 3.53. The van der Waals surface area contributed by atoms with Crippen molar-refractivity contribution >= 4 is 27.7 Å². The number of nitrogens with one attached hydrogen (secondary N) is 1. The first-order valence-corrected chi connectivity index (χ1v) is 7.08. The molecule has 1 aromatic heterocycles. The minimum absolute atomic E-state index is 0.0296. The van der Waals surface area contributed by atoms with Crippen LogP contribution < -0.4 is 5.32 Å². The van der Waals surface area contributed by atoms with Crippen LogP contribution in [0.3, 0.4) is 0 Å². The molecule has 1 saturated heterocycles. The third-order valence-corrected chi connectivity index (χ3v) is 3.57. The van der Waals surface area contributed by atoms with Crippen LogP contribution >= 0.6 is 15.9 Å². The highest BCUT2D eigenvalue weighted by molar-refractivity contribution is 9.10. The summed E-state index contributed by atoms with van der Waals surface area (Å²) in [6, 6.07) is 3.36. The number of carbonyl (C=O) groups excluding carboxylic acids is 2. The van der Waals surface area contributed by atoms with E-state index in [1.807, 2.05) is 19.1 Å². The predicted molar refractivity (Wildman–Crippen MR) is 74.2 cm³/mol. The Labute approximate surface area is 120 Å². The van der Waals surface area contributed by atoms with E-state index in [1.54, 1.807) is 11.1 Å². The van der Waals surface area contributed by atoms with Crippen LogP contribution in [0, 0.1) is 0 Å². The van der Waals surface area contributed by atoms with Gasteiger partial charge in [-0.3, -0.25) is 14.6 Å². The first-order chi connectivity index (χ1) is 9.10. The smallest absolute Gasteiger partial charge is 0.245 e. The maximum atomic E-state index is 12.3. The highest BCUT2D eigenvalue weighted by Gasteiger charge is 2.28. The van der Waals surface area contributed by atoms with Crippen molar-refractivity contribution in [2.45, 2.75) is 32.4 Å². The zero-order valence-corrected chi connectivity index (χ0v) is 12.3. The van der Waals surface area contributed by atoms with Crippen LogP contribution in [0.25, 0.3) is 0 Å². The van der Waals surface area contributed by atoms with E-state index < -0.39 is 6.04 Å². The molecule has 6 heteroatoms. The molecule has 1 aliphatic rings. The molecule has 1 unspecified atom stereocenters. The number of halogens is 1. The fourth-order valence-electron chi connectivity index (χ4n) is 2.02. The van der Waals surface area contributed by atoms with Gasteiger partial charge in [0.2, 0.25) is 11.8 Å². The van der Waals surface area contributed by atoms with Gasteiger partial charge in [-0.05, 0) is 34.5 Å². The lowest BCUT2D eigenvalue weighted by atomic mass is 10.2. The molecule has 0 saturated carbocycles. The second-order valence-corrected chi connectivity index (χ2v) is 5.42. The van der Waals surface area contributed by atoms with Gasteiger partial charge in [0.25, 0.3) is 0 Å². The lowest BCUT2D eigenvalue weighted by molar-refractivity contribution is -0.134. The normalized spacial score (nSPS) is 20.1. The molecule has 2 amide bonds. The van der Waals surface area contributed by atoms with Gasteiger partial charge in [-0.15, -0.1) is 0 Å². The van der Waals surface area contributed by atoms with Crippen molar-refractivity contribution in [3.05, 3.63) is 28.5 Å². The SMILES string of the molecule is CCC1NC(=O)CCN(Cc2ccc(Br)cn2)C1=O. The predicted octanol–water partition coefficient (Wildman–Crippen LogP) is 1.47. The van der Waals surface area contributed by atoms with Crippen molar-refractivity contribution in [1.82, 2.24) is 15.2 Å². The highest BCUT2D eigenvalue weighted by atomic mass is 79.9. The topological polar surface area (TPSA) is 62.3 Å². The Bertz CT molecular complexity index is 475. The summed E-state index contributed by atoms with van der Waals surface area (Å²) in [5, 5.41) is 2.75. The van der Waals surface area contributed by atoms with Crippen LogP contribution in [0.1, 0.15) is 25.5 Å². The molecular formula is C13H16BrN3O2. The van der Waals surface area contributed by atoms with Gasteiger partial charge < -0.3 is 10.2 Å². The molecule has 2 rings (SSSR count). The summed E-state index contributed by atoms with van der Waals surface area (Å²) in [7, 11) is 0. The Kier molecular flexibility index (Phi) is 4.52. The molecule has 19 heavy (non-hydrogen) atoms. The minimum Gasteiger partial charge on any atom is -0.344 e. The standard InChI is InChI=1S/C13H16BrN3O2/c1-2-11-13(19)17(6-5-12(18)16-11)8-10-4-3-9(14)7-15-10/h3-4,7,11H,2,5-6,8H2,1H3,(H,16,18). The summed E-state index contributed by atoms with van der Waals surface area (Å²) < 4.78 is 0.904. The van der Waals surface area contributed by atoms with E-state index in [-0.39, 0.29) is 11.8 Å². The van der Waals surface area contributed by atoms with E-state index >= 15 is 0 Å². The first kappa shape index (κ1) is 14.0. The summed E-state index contributed by atoms with van der Waals surface area (Å²) in [6.07, 6.45) is 2.66. The van der Waals surface area contributed by atoms with Crippen molar-refractivity contribution in [2.24, 2.45) is 0 Å². The van der Waals surface area contributed by atoms with Gasteiger partial charge in [0.15, 0.2) is 0 Å². The number of carbonyl (C=O) groups is 2. The fourth-order valence-corrected chi connectivity index (χ4v) is 2.26. The van der Waals surface area contributed by atoms with Crippen LogP contribution in [-0.2, 0) is 16.1 Å². The van der Waals surface area contributed by atoms with Crippen LogP contribution in [-0.4, -0.2) is 34.3 Å². The first-order valence-electron chi connectivity index (χ1n) is 6.28. The number of nitrogens with zero attached hydrogens (tertiary/aromatic N) is 2. The van der Waals surface area contributed by atoms with Gasteiger partial charge in [0.05, 0.1) is 12.2 Å². The van der Waals surface area contributed by atoms with E-state index in [0.29, 0.717) is 25.9 Å². The van der Waals surface area contributed by atoms with Gasteiger partial charge in [0, 0.05) is 23.6 Å². The van der Waals surface area contributed by atoms with Gasteiger partial charge in [-0.1, -0.05) is 6.92 Å². The van der Waals surface area contributed by atoms with Crippen LogP contribution in [0.5, 0.6) is 0 Å². The van der Waals surface area contributed by atoms with Crippen molar-refractivity contribution in [1.29, 1.82) is 0 Å². The average molecular weight is 326 g/mol. The number of hydrogen-bond donors (Lipinski definition) is 1. The van der Waals surface area contributed by atoms with E-state index in [4.69, 9.17) is 0 Å². The maximum Gasteiger partial charge on any atom is 0.245 e. The van der Waals surface area contributed by atoms with E-state index in [2.05, 4.69) is 26.2 Å². The summed E-state index contributed by atoms with van der Waals surface area (Å²) in [6.45, 7) is 2.78. The van der Waals surface area contributed by atoms with Crippen molar-refractivity contribution in [3.8, 4) is 0 Å². The van der Waals surface area contributed by atoms with Gasteiger partial charge >= 0.3 is 0 Å². The van der Waals surface area contributed by atoms with E-state index in [9.17, 15) is 9.59 Å². The second kappa shape index (κ2) is 6.14. The average Bonchev–Trinajstić information content (AvgIpc) is 2.54. The monoisotopic (exact) mass is 325 g/mol. The Balaban J connectivity index is 2.11. The zero-order valence-electron chi connectivity index (χ0n) is 10.7. The zero-order chi connectivity index (χ0) is 13.8. The molecule has 1 aromatic rings. The van der Waals surface area contributed by atoms with Gasteiger partial charge in [0.1, 0.15) is 6.04 Å². The Morgan fingerprint density at radius 2 is 2.26 bits per heavy atom. The Hall–Kier alpha value is -1.43. The summed E-state index contributed by atoms with van der Waals surface area (Å²) in [4.78, 5) is 29.8. The van der Waals surface area contributed by atoms with E-state index in [1.165, 1.54) is 0 Å². The molecule has 2 heterocycles. The molecular weight excluding hydrogens is 310 g/mol. The molecule has 5 nitrogen and oxygen atoms in total. The highest BCUT2D eigenvalue weighted by Crippen LogP contribution is 2.12. The number of pyridine rings is 1. The largest absolute Gasteiger partial charge is 0.344 e. The molecule has 1 atom stereocenters. The van der Waals surface area contributed by atoms with Gasteiger partial charge in [-0.2, -0.15) is 0 Å². The summed E-state index contributed by atoms with van der Waals surface area (Å²) >= 11 is 3.33. The number of rotatable bonds is 3. The minimum atomic E-state index is -0.412. The molecule has 0 aliphatic carbocycles. The van der Waals surface area contributed by atoms with Crippen molar-refractivity contribution in [2.75, 3.05) is 6.54 Å². The molecule has 0 radical (unpaired) electrons. The quantitative estimate of drug-likeness (QED) is 0.915. The van der Waals surface area contributed by atoms with Crippen molar-refractivity contribution in [3.63, 3.8) is 0 Å². The lowest BCUT2D eigenvalue weighted by Gasteiger charge is -2.23. The van der Waals surface area contributed by atoms with E-state index in [0.717, 1.165) is 10.2 Å². The second-order valence-electron chi connectivity index (χ2n) is 4.51. The molecule has 0 spiro atoms. The van der Waals surface area contributed by atoms with Crippen molar-refractivity contribution < 1.29 is 9.59 Å². The van der Waals surface area contributed by atoms with Crippen LogP contribution in [0.15, 0.2) is 22.8 Å². The number of hydrogen-bond acceptors (Lipinski definition) is 3.